The molecule has 1 unspecified atom stereocenters. The lowest BCUT2D eigenvalue weighted by molar-refractivity contribution is -0.377. The molecule has 1 aromatic heterocycles. The van der Waals surface area contributed by atoms with Crippen LogP contribution in [0.25, 0.3) is 0 Å². The number of carbonyl (C=O) groups is 3. The summed E-state index contributed by atoms with van der Waals surface area (Å²) in [6.07, 6.45) is 4.83. The molecule has 70 heavy (non-hydrogen) atoms. The van der Waals surface area contributed by atoms with E-state index in [1.165, 1.54) is 54.9 Å². The van der Waals surface area contributed by atoms with E-state index in [9.17, 15) is 31.6 Å². The Morgan fingerprint density at radius 2 is 1.57 bits per heavy atom. The molecule has 4 saturated heterocycles. The van der Waals surface area contributed by atoms with Crippen molar-refractivity contribution in [3.63, 3.8) is 0 Å². The van der Waals surface area contributed by atoms with Gasteiger partial charge in [-0.2, -0.15) is 13.1 Å². The molecule has 5 aliphatic rings. The highest BCUT2D eigenvalue weighted by Gasteiger charge is 2.43. The van der Waals surface area contributed by atoms with E-state index in [1.807, 2.05) is 30.3 Å². The number of sulfonamides is 1. The topological polar surface area (TPSA) is 164 Å². The van der Waals surface area contributed by atoms with Crippen molar-refractivity contribution in [2.45, 2.75) is 67.2 Å². The van der Waals surface area contributed by atoms with Gasteiger partial charge in [0.25, 0.3) is 0 Å². The number of aromatic nitrogens is 1. The molecule has 4 aromatic carbocycles. The van der Waals surface area contributed by atoms with Gasteiger partial charge in [-0.15, -0.1) is 11.8 Å². The van der Waals surface area contributed by atoms with Crippen LogP contribution >= 0.6 is 35.0 Å². The van der Waals surface area contributed by atoms with E-state index in [4.69, 9.17) is 46.9 Å². The summed E-state index contributed by atoms with van der Waals surface area (Å²) in [7, 11) is -4.45. The Labute approximate surface area is 417 Å². The molecular formula is C50H49Cl2F2N4O10S2+. The minimum absolute atomic E-state index is 0.0138. The maximum Gasteiger partial charge on any atom is 0.408 e. The van der Waals surface area contributed by atoms with Gasteiger partial charge >= 0.3 is 24.6 Å². The van der Waals surface area contributed by atoms with Gasteiger partial charge in [0.15, 0.2) is 29.3 Å². The van der Waals surface area contributed by atoms with Gasteiger partial charge in [0, 0.05) is 30.8 Å². The van der Waals surface area contributed by atoms with E-state index in [0.717, 1.165) is 60.4 Å². The minimum atomic E-state index is -4.45. The first-order chi connectivity index (χ1) is 33.8. The summed E-state index contributed by atoms with van der Waals surface area (Å²) in [5.41, 5.74) is 2.03. The van der Waals surface area contributed by atoms with Crippen LogP contribution in [-0.2, 0) is 30.7 Å². The van der Waals surface area contributed by atoms with Crippen LogP contribution in [0.5, 0.6) is 17.2 Å². The number of hydrogen-bond acceptors (Lipinski definition) is 12. The number of pyridine rings is 1. The van der Waals surface area contributed by atoms with E-state index in [0.29, 0.717) is 29.2 Å². The monoisotopic (exact) mass is 1040 g/mol. The highest BCUT2D eigenvalue weighted by atomic mass is 35.5. The molecule has 0 radical (unpaired) electrons. The van der Waals surface area contributed by atoms with Crippen LogP contribution in [0.2, 0.25) is 10.0 Å². The second-order valence-corrected chi connectivity index (χ2v) is 21.4. The number of alkyl carbamates (subject to hydrolysis) is 1. The van der Waals surface area contributed by atoms with E-state index >= 15 is 0 Å². The first-order valence-electron chi connectivity index (χ1n) is 22.8. The number of alkyl halides is 2. The maximum absolute atomic E-state index is 14.4. The SMILES string of the molecule is O=C(NC(c1ccccc1)c1cccc(OC(=O)c2cccc(S(=O)(=O)N3CCS[C@H]3C(=O)O[C@@H](Cc3c(Cl)c[nH+]cc3Cl)c3ccc(OC(F)F)c(OCC4CC4)c3)c2)c1)O[C@H]1CN2CCC1CC2. The van der Waals surface area contributed by atoms with Crippen LogP contribution in [-0.4, -0.2) is 92.3 Å². The number of esters is 2. The van der Waals surface area contributed by atoms with Crippen LogP contribution in [0.15, 0.2) is 114 Å². The Morgan fingerprint density at radius 1 is 0.829 bits per heavy atom. The average molecular weight is 1040 g/mol. The normalized spacial score (nSPS) is 20.9. The molecule has 1 saturated carbocycles. The number of rotatable bonds is 18. The molecule has 2 N–H and O–H groups in total. The average Bonchev–Trinajstić information content (AvgIpc) is 4.05. The second-order valence-electron chi connectivity index (χ2n) is 17.5. The van der Waals surface area contributed by atoms with Crippen LogP contribution < -0.4 is 24.5 Å². The highest BCUT2D eigenvalue weighted by Crippen LogP contribution is 2.40. The number of halogens is 4. The van der Waals surface area contributed by atoms with Crippen molar-refractivity contribution >= 4 is 63.0 Å². The Balaban J connectivity index is 0.912. The third-order valence-electron chi connectivity index (χ3n) is 12.8. The zero-order valence-electron chi connectivity index (χ0n) is 37.5. The van der Waals surface area contributed by atoms with Crippen LogP contribution in [0.4, 0.5) is 13.6 Å². The van der Waals surface area contributed by atoms with E-state index in [-0.39, 0.29) is 75.1 Å². The number of fused-ring (bicyclic) bond motifs is 3. The van der Waals surface area contributed by atoms with Gasteiger partial charge in [0.05, 0.1) is 23.1 Å². The summed E-state index contributed by atoms with van der Waals surface area (Å²) >= 11 is 14.1. The molecule has 2 bridgehead atoms. The van der Waals surface area contributed by atoms with Crippen LogP contribution in [0.1, 0.15) is 70.4 Å². The van der Waals surface area contributed by atoms with E-state index in [2.05, 4.69) is 15.2 Å². The summed E-state index contributed by atoms with van der Waals surface area (Å²) in [4.78, 5) is 46.2. The number of thioether (sulfide) groups is 1. The molecule has 4 aliphatic heterocycles. The first kappa shape index (κ1) is 49.5. The number of H-pyrrole nitrogens is 1. The molecule has 1 amide bonds. The number of benzene rings is 4. The van der Waals surface area contributed by atoms with Crippen molar-refractivity contribution in [3.05, 3.63) is 147 Å². The van der Waals surface area contributed by atoms with Crippen molar-refractivity contribution < 1.29 is 60.3 Å². The van der Waals surface area contributed by atoms with Gasteiger partial charge in [0.2, 0.25) is 10.0 Å². The lowest BCUT2D eigenvalue weighted by Gasteiger charge is -2.43. The molecular weight excluding hydrogens is 990 g/mol. The molecule has 1 aliphatic carbocycles. The zero-order chi connectivity index (χ0) is 48.9. The number of hydrogen-bond donors (Lipinski definition) is 1. The summed E-state index contributed by atoms with van der Waals surface area (Å²) in [5, 5.41) is 2.12. The Bertz CT molecular complexity index is 2800. The van der Waals surface area contributed by atoms with Gasteiger partial charge in [-0.3, -0.25) is 4.90 Å². The van der Waals surface area contributed by atoms with Gasteiger partial charge in [-0.05, 0) is 110 Å². The Kier molecular flexibility index (Phi) is 15.5. The van der Waals surface area contributed by atoms with Gasteiger partial charge in [0.1, 0.15) is 28.0 Å². The summed E-state index contributed by atoms with van der Waals surface area (Å²) < 4.78 is 85.1. The molecule has 10 rings (SSSR count). The number of nitrogens with one attached hydrogen (secondary N) is 2. The largest absolute Gasteiger partial charge is 0.489 e. The van der Waals surface area contributed by atoms with Crippen molar-refractivity contribution in [1.82, 2.24) is 14.5 Å². The fourth-order valence-electron chi connectivity index (χ4n) is 8.87. The Hall–Kier alpha value is -5.50. The van der Waals surface area contributed by atoms with Crippen molar-refractivity contribution in [2.75, 3.05) is 38.5 Å². The summed E-state index contributed by atoms with van der Waals surface area (Å²) in [6, 6.07) is 24.8. The zero-order valence-corrected chi connectivity index (χ0v) is 40.7. The molecule has 5 aromatic rings. The lowest BCUT2D eigenvalue weighted by atomic mass is 9.86. The fraction of sp³-hybridized carbons (Fsp3) is 0.360. The maximum atomic E-state index is 14.4. The number of carbonyl (C=O) groups excluding carboxylic acids is 3. The van der Waals surface area contributed by atoms with E-state index in [1.54, 1.807) is 24.3 Å². The summed E-state index contributed by atoms with van der Waals surface area (Å²) in [5.74, 6) is -0.984. The molecule has 5 heterocycles. The fourth-order valence-corrected chi connectivity index (χ4v) is 12.5. The van der Waals surface area contributed by atoms with Crippen LogP contribution in [0, 0.1) is 11.8 Å². The van der Waals surface area contributed by atoms with Crippen molar-refractivity contribution in [2.24, 2.45) is 11.8 Å². The number of ether oxygens (including phenoxy) is 5. The summed E-state index contributed by atoms with van der Waals surface area (Å²) in [6.45, 7) is -0.210. The smallest absolute Gasteiger partial charge is 0.408 e. The quantitative estimate of drug-likeness (QED) is 0.0656. The third-order valence-corrected chi connectivity index (χ3v) is 16.6. The van der Waals surface area contributed by atoms with Crippen LogP contribution in [0.3, 0.4) is 0 Å². The molecule has 14 nitrogen and oxygen atoms in total. The Morgan fingerprint density at radius 3 is 2.29 bits per heavy atom. The lowest BCUT2D eigenvalue weighted by Crippen LogP contribution is -2.52. The standard InChI is InChI=1S/C50H48Cl2F2N4O10S2/c51-39-26-55-27-40(52)38(39)25-42(33-14-15-41(67-49(53)54)43(24-33)64-29-30-12-13-30)66-48(60)46-58(20-21-69-46)70(62,63)37-11-5-9-35(23-37)47(59)65-36-10-4-8-34(22-36)45(32-6-2-1-3-7-32)56-50(61)68-44-28-57-18-16-31(44)17-19-57/h1-11,14-15,22-24,26-27,30-31,42,44-46,49H,12-13,16-21,25,28-29H2,(H,56,61)/p+1/t42-,44-,45?,46-/m0/s1. The molecule has 5 fully saturated rings. The number of nitrogens with zero attached hydrogens (tertiary/aromatic N) is 2. The molecule has 20 heteroatoms. The first-order valence-corrected chi connectivity index (χ1v) is 26.1. The van der Waals surface area contributed by atoms with Crippen molar-refractivity contribution in [1.29, 1.82) is 0 Å². The van der Waals surface area contributed by atoms with Gasteiger partial charge in [-0.25, -0.2) is 27.8 Å². The van der Waals surface area contributed by atoms with E-state index < -0.39 is 52.2 Å². The minimum Gasteiger partial charge on any atom is -0.489 e. The molecule has 368 valence electrons. The van der Waals surface area contributed by atoms with Gasteiger partial charge < -0.3 is 29.0 Å². The van der Waals surface area contributed by atoms with Crippen molar-refractivity contribution in [3.8, 4) is 17.2 Å². The predicted octanol–water partition coefficient (Wildman–Crippen LogP) is 8.92. The number of aromatic amines is 1. The molecule has 0 spiro atoms. The molecule has 4 atom stereocenters. The second kappa shape index (κ2) is 21.9. The number of amides is 1. The predicted molar refractivity (Wildman–Crippen MR) is 256 cm³/mol. The number of piperidine rings is 3. The highest BCUT2D eigenvalue weighted by molar-refractivity contribution is 8.02. The third kappa shape index (κ3) is 11.8. The van der Waals surface area contributed by atoms with Gasteiger partial charge in [-0.1, -0.05) is 77.8 Å².